The molecule has 0 heterocycles. The van der Waals surface area contributed by atoms with Crippen molar-refractivity contribution in [2.24, 2.45) is 0 Å². The first kappa shape index (κ1) is 24.2. The largest absolute Gasteiger partial charge is 0.392 e. The van der Waals surface area contributed by atoms with Gasteiger partial charge in [0.2, 0.25) is 0 Å². The second-order valence-corrected chi connectivity index (χ2v) is 8.13. The highest BCUT2D eigenvalue weighted by molar-refractivity contribution is 5.14. The van der Waals surface area contributed by atoms with Gasteiger partial charge in [-0.05, 0) is 18.4 Å². The first-order chi connectivity index (χ1) is 13.3. The number of rotatable bonds is 18. The molecule has 0 fully saturated rings. The number of hydrogen-bond acceptors (Lipinski definition) is 2. The van der Waals surface area contributed by atoms with Crippen LogP contribution < -0.4 is 5.32 Å². The number of unbranched alkanes of at least 4 members (excludes halogenated alkanes) is 11. The summed E-state index contributed by atoms with van der Waals surface area (Å²) in [6.07, 6.45) is 18.1. The molecule has 1 aromatic carbocycles. The summed E-state index contributed by atoms with van der Waals surface area (Å²) >= 11 is 0. The Balaban J connectivity index is 1.96. The predicted octanol–water partition coefficient (Wildman–Crippen LogP) is 7.01. The van der Waals surface area contributed by atoms with Crippen LogP contribution in [0.15, 0.2) is 30.3 Å². The summed E-state index contributed by atoms with van der Waals surface area (Å²) in [7, 11) is 0. The number of nitrogens with one attached hydrogen (secondary N) is 1. The van der Waals surface area contributed by atoms with E-state index in [1.165, 1.54) is 76.2 Å². The van der Waals surface area contributed by atoms with Crippen LogP contribution in [0.4, 0.5) is 0 Å². The highest BCUT2D eigenvalue weighted by Gasteiger charge is 2.16. The Labute approximate surface area is 169 Å². The molecule has 0 bridgehead atoms. The Morgan fingerprint density at radius 1 is 0.741 bits per heavy atom. The molecule has 0 unspecified atom stereocenters. The van der Waals surface area contributed by atoms with Gasteiger partial charge in [0.1, 0.15) is 0 Å². The lowest BCUT2D eigenvalue weighted by atomic mass is 10.00. The second kappa shape index (κ2) is 17.3. The van der Waals surface area contributed by atoms with Gasteiger partial charge in [0.15, 0.2) is 0 Å². The number of aliphatic hydroxyl groups is 1. The van der Waals surface area contributed by atoms with E-state index in [4.69, 9.17) is 0 Å². The van der Waals surface area contributed by atoms with Gasteiger partial charge in [0.25, 0.3) is 0 Å². The Hall–Kier alpha value is -0.860. The van der Waals surface area contributed by atoms with Gasteiger partial charge >= 0.3 is 0 Å². The van der Waals surface area contributed by atoms with Gasteiger partial charge in [-0.1, -0.05) is 121 Å². The maximum absolute atomic E-state index is 10.5. The zero-order valence-corrected chi connectivity index (χ0v) is 18.1. The molecule has 2 heteroatoms. The SMILES string of the molecule is CCCCCCCCCCCCCC[C@@H](O)[C@H](CC)NCc1ccccc1. The van der Waals surface area contributed by atoms with E-state index in [1.54, 1.807) is 0 Å². The van der Waals surface area contributed by atoms with Crippen molar-refractivity contribution in [1.82, 2.24) is 5.32 Å². The third-order valence-corrected chi connectivity index (χ3v) is 5.67. The van der Waals surface area contributed by atoms with Crippen LogP contribution in [0, 0.1) is 0 Å². The standard InChI is InChI=1S/C25H45NO/c1-3-5-6-7-8-9-10-11-12-13-14-18-21-25(27)24(4-2)26-22-23-19-16-15-17-20-23/h15-17,19-20,24-27H,3-14,18,21-22H2,1-2H3/t24-,25+/m0/s1. The fraction of sp³-hybridized carbons (Fsp3) is 0.760. The first-order valence-electron chi connectivity index (χ1n) is 11.7. The summed E-state index contributed by atoms with van der Waals surface area (Å²) in [6.45, 7) is 5.28. The van der Waals surface area contributed by atoms with Crippen molar-refractivity contribution < 1.29 is 5.11 Å². The molecule has 1 rings (SSSR count). The average molecular weight is 376 g/mol. The summed E-state index contributed by atoms with van der Waals surface area (Å²) < 4.78 is 0. The topological polar surface area (TPSA) is 32.3 Å². The Bertz CT molecular complexity index is 420. The summed E-state index contributed by atoms with van der Waals surface area (Å²) in [5, 5.41) is 14.0. The molecule has 0 aromatic heterocycles. The van der Waals surface area contributed by atoms with Crippen LogP contribution in [0.1, 0.15) is 109 Å². The van der Waals surface area contributed by atoms with Crippen molar-refractivity contribution in [3.8, 4) is 0 Å². The van der Waals surface area contributed by atoms with Crippen molar-refractivity contribution >= 4 is 0 Å². The molecule has 27 heavy (non-hydrogen) atoms. The molecule has 156 valence electrons. The van der Waals surface area contributed by atoms with Crippen LogP contribution in [0.5, 0.6) is 0 Å². The predicted molar refractivity (Wildman–Crippen MR) is 119 cm³/mol. The van der Waals surface area contributed by atoms with Gasteiger partial charge < -0.3 is 10.4 Å². The van der Waals surface area contributed by atoms with E-state index >= 15 is 0 Å². The molecule has 0 aliphatic rings. The van der Waals surface area contributed by atoms with Crippen LogP contribution in [0.25, 0.3) is 0 Å². The minimum Gasteiger partial charge on any atom is -0.392 e. The zero-order valence-electron chi connectivity index (χ0n) is 18.1. The second-order valence-electron chi connectivity index (χ2n) is 8.13. The summed E-state index contributed by atoms with van der Waals surface area (Å²) in [5.74, 6) is 0. The number of aliphatic hydroxyl groups excluding tert-OH is 1. The molecule has 2 nitrogen and oxygen atoms in total. The van der Waals surface area contributed by atoms with Crippen LogP contribution in [-0.4, -0.2) is 17.3 Å². The van der Waals surface area contributed by atoms with E-state index in [9.17, 15) is 5.11 Å². The fourth-order valence-corrected chi connectivity index (χ4v) is 3.79. The quantitative estimate of drug-likeness (QED) is 0.270. The molecule has 0 aliphatic carbocycles. The molecule has 0 saturated heterocycles. The maximum atomic E-state index is 10.5. The molecule has 2 atom stereocenters. The Morgan fingerprint density at radius 3 is 1.78 bits per heavy atom. The zero-order chi connectivity index (χ0) is 19.6. The summed E-state index contributed by atoms with van der Waals surface area (Å²) in [4.78, 5) is 0. The summed E-state index contributed by atoms with van der Waals surface area (Å²) in [6, 6.07) is 10.7. The number of hydrogen-bond donors (Lipinski definition) is 2. The third kappa shape index (κ3) is 13.0. The van der Waals surface area contributed by atoms with Gasteiger partial charge in [0.05, 0.1) is 6.10 Å². The van der Waals surface area contributed by atoms with Crippen LogP contribution in [0.2, 0.25) is 0 Å². The van der Waals surface area contributed by atoms with Crippen LogP contribution >= 0.6 is 0 Å². The first-order valence-corrected chi connectivity index (χ1v) is 11.7. The van der Waals surface area contributed by atoms with Crippen molar-refractivity contribution in [3.63, 3.8) is 0 Å². The Morgan fingerprint density at radius 2 is 1.26 bits per heavy atom. The Kier molecular flexibility index (Phi) is 15.4. The highest BCUT2D eigenvalue weighted by Crippen LogP contribution is 2.14. The van der Waals surface area contributed by atoms with Gasteiger partial charge in [-0.25, -0.2) is 0 Å². The van der Waals surface area contributed by atoms with E-state index in [1.807, 2.05) is 6.07 Å². The molecule has 1 aromatic rings. The molecule has 0 spiro atoms. The molecule has 0 radical (unpaired) electrons. The van der Waals surface area contributed by atoms with Crippen molar-refractivity contribution in [2.75, 3.05) is 0 Å². The van der Waals surface area contributed by atoms with E-state index in [0.717, 1.165) is 25.8 Å². The van der Waals surface area contributed by atoms with E-state index < -0.39 is 0 Å². The monoisotopic (exact) mass is 375 g/mol. The highest BCUT2D eigenvalue weighted by atomic mass is 16.3. The molecule has 0 aliphatic heterocycles. The minimum atomic E-state index is -0.221. The normalized spacial score (nSPS) is 13.6. The average Bonchev–Trinajstić information content (AvgIpc) is 2.70. The molecule has 2 N–H and O–H groups in total. The minimum absolute atomic E-state index is 0.206. The lowest BCUT2D eigenvalue weighted by Gasteiger charge is -2.23. The molecule has 0 amide bonds. The molecular weight excluding hydrogens is 330 g/mol. The van der Waals surface area contributed by atoms with Gasteiger partial charge in [-0.2, -0.15) is 0 Å². The lowest BCUT2D eigenvalue weighted by Crippen LogP contribution is -2.38. The van der Waals surface area contributed by atoms with Crippen LogP contribution in [0.3, 0.4) is 0 Å². The molecule has 0 saturated carbocycles. The maximum Gasteiger partial charge on any atom is 0.0693 e. The fourth-order valence-electron chi connectivity index (χ4n) is 3.79. The molecular formula is C25H45NO. The van der Waals surface area contributed by atoms with Crippen molar-refractivity contribution in [1.29, 1.82) is 0 Å². The van der Waals surface area contributed by atoms with Crippen LogP contribution in [-0.2, 0) is 6.54 Å². The van der Waals surface area contributed by atoms with Crippen molar-refractivity contribution in [2.45, 2.75) is 122 Å². The third-order valence-electron chi connectivity index (χ3n) is 5.67. The smallest absolute Gasteiger partial charge is 0.0693 e. The lowest BCUT2D eigenvalue weighted by molar-refractivity contribution is 0.112. The van der Waals surface area contributed by atoms with E-state index in [0.29, 0.717) is 0 Å². The van der Waals surface area contributed by atoms with E-state index in [-0.39, 0.29) is 12.1 Å². The number of benzene rings is 1. The van der Waals surface area contributed by atoms with Gasteiger partial charge in [-0.3, -0.25) is 0 Å². The van der Waals surface area contributed by atoms with Crippen molar-refractivity contribution in [3.05, 3.63) is 35.9 Å². The van der Waals surface area contributed by atoms with Gasteiger partial charge in [-0.15, -0.1) is 0 Å². The van der Waals surface area contributed by atoms with Gasteiger partial charge in [0, 0.05) is 12.6 Å². The summed E-state index contributed by atoms with van der Waals surface area (Å²) in [5.41, 5.74) is 1.29. The van der Waals surface area contributed by atoms with E-state index in [2.05, 4.69) is 43.4 Å².